The Hall–Kier alpha value is -3.12. The molecule has 0 aromatic heterocycles. The van der Waals surface area contributed by atoms with Crippen LogP contribution in [0.1, 0.15) is 18.4 Å². The summed E-state index contributed by atoms with van der Waals surface area (Å²) in [5.41, 5.74) is -0.267. The molecule has 0 radical (unpaired) electrons. The molecule has 2 aromatic rings. The van der Waals surface area contributed by atoms with E-state index in [4.69, 9.17) is 0 Å². The summed E-state index contributed by atoms with van der Waals surface area (Å²) in [7, 11) is -4.32. The van der Waals surface area contributed by atoms with Crippen molar-refractivity contribution >= 4 is 33.3 Å². The first-order valence-electron chi connectivity index (χ1n) is 9.17. The van der Waals surface area contributed by atoms with E-state index in [0.717, 1.165) is 31.0 Å². The molecule has 3 rings (SSSR count). The molecule has 166 valence electrons. The topological polar surface area (TPSA) is 116 Å². The highest BCUT2D eigenvalue weighted by atomic mass is 32.2. The second kappa shape index (κ2) is 8.94. The Balaban J connectivity index is 1.53. The van der Waals surface area contributed by atoms with Crippen LogP contribution in [-0.4, -0.2) is 32.9 Å². The molecule has 8 nitrogen and oxygen atoms in total. The number of anilines is 2. The van der Waals surface area contributed by atoms with E-state index >= 15 is 0 Å². The molecule has 3 amide bonds. The van der Waals surface area contributed by atoms with E-state index < -0.39 is 39.1 Å². The van der Waals surface area contributed by atoms with Gasteiger partial charge in [-0.05, 0) is 55.3 Å². The van der Waals surface area contributed by atoms with E-state index in [0.29, 0.717) is 17.4 Å². The normalized spacial score (nSPS) is 14.0. The van der Waals surface area contributed by atoms with E-state index in [1.807, 2.05) is 4.72 Å². The van der Waals surface area contributed by atoms with Crippen molar-refractivity contribution in [1.82, 2.24) is 10.0 Å². The van der Waals surface area contributed by atoms with Gasteiger partial charge in [-0.15, -0.1) is 0 Å². The highest BCUT2D eigenvalue weighted by molar-refractivity contribution is 7.89. The zero-order chi connectivity index (χ0) is 22.6. The first-order chi connectivity index (χ1) is 14.5. The number of hydrogen-bond donors (Lipinski definition) is 4. The highest BCUT2D eigenvalue weighted by Crippen LogP contribution is 2.30. The van der Waals surface area contributed by atoms with Gasteiger partial charge in [0.2, 0.25) is 15.9 Å². The van der Waals surface area contributed by atoms with Crippen molar-refractivity contribution in [2.45, 2.75) is 30.0 Å². The van der Waals surface area contributed by atoms with Crippen LogP contribution >= 0.6 is 0 Å². The predicted molar refractivity (Wildman–Crippen MR) is 107 cm³/mol. The summed E-state index contributed by atoms with van der Waals surface area (Å²) in [5, 5.41) is 7.85. The van der Waals surface area contributed by atoms with E-state index in [-0.39, 0.29) is 12.1 Å². The fourth-order valence-corrected chi connectivity index (χ4v) is 3.53. The first-order valence-corrected chi connectivity index (χ1v) is 10.7. The third kappa shape index (κ3) is 6.69. The minimum Gasteiger partial charge on any atom is -0.335 e. The number of nitrogens with one attached hydrogen (secondary N) is 4. The number of carbonyl (C=O) groups is 2. The lowest BCUT2D eigenvalue weighted by Gasteiger charge is -2.11. The number of sulfonamides is 1. The third-order valence-electron chi connectivity index (χ3n) is 4.23. The predicted octanol–water partition coefficient (Wildman–Crippen LogP) is 2.91. The zero-order valence-corrected chi connectivity index (χ0v) is 16.8. The molecule has 1 saturated carbocycles. The van der Waals surface area contributed by atoms with Gasteiger partial charge >= 0.3 is 12.2 Å². The third-order valence-corrected chi connectivity index (χ3v) is 5.63. The second-order valence-electron chi connectivity index (χ2n) is 6.85. The number of carbonyl (C=O) groups excluding carboxylic acids is 2. The maximum absolute atomic E-state index is 12.8. The van der Waals surface area contributed by atoms with Gasteiger partial charge in [0.15, 0.2) is 0 Å². The lowest BCUT2D eigenvalue weighted by molar-refractivity contribution is -0.137. The van der Waals surface area contributed by atoms with Crippen molar-refractivity contribution in [2.24, 2.45) is 0 Å². The van der Waals surface area contributed by atoms with Gasteiger partial charge in [0.25, 0.3) is 0 Å². The lowest BCUT2D eigenvalue weighted by atomic mass is 10.2. The van der Waals surface area contributed by atoms with E-state index in [1.54, 1.807) is 12.1 Å². The Bertz CT molecular complexity index is 1070. The van der Waals surface area contributed by atoms with Crippen molar-refractivity contribution in [2.75, 3.05) is 17.2 Å². The number of urea groups is 1. The van der Waals surface area contributed by atoms with Gasteiger partial charge in [0, 0.05) is 17.4 Å². The number of rotatable bonds is 7. The Kier molecular flexibility index (Phi) is 6.51. The summed E-state index contributed by atoms with van der Waals surface area (Å²) >= 11 is 0. The number of amides is 3. The molecule has 12 heteroatoms. The molecule has 0 spiro atoms. The number of halogens is 3. The van der Waals surface area contributed by atoms with Gasteiger partial charge in [-0.25, -0.2) is 17.9 Å². The van der Waals surface area contributed by atoms with E-state index in [2.05, 4.69) is 16.0 Å². The van der Waals surface area contributed by atoms with Gasteiger partial charge < -0.3 is 16.0 Å². The van der Waals surface area contributed by atoms with Crippen LogP contribution in [0.5, 0.6) is 0 Å². The smallest absolute Gasteiger partial charge is 0.335 e. The highest BCUT2D eigenvalue weighted by Gasteiger charge is 2.31. The van der Waals surface area contributed by atoms with Crippen LogP contribution in [-0.2, 0) is 21.0 Å². The average molecular weight is 456 g/mol. The molecule has 0 atom stereocenters. The van der Waals surface area contributed by atoms with E-state index in [1.165, 1.54) is 12.1 Å². The minimum absolute atomic E-state index is 0.207. The summed E-state index contributed by atoms with van der Waals surface area (Å²) in [6.45, 7) is -0.678. The molecule has 0 unspecified atom stereocenters. The summed E-state index contributed by atoms with van der Waals surface area (Å²) in [6, 6.07) is 9.20. The molecule has 1 aliphatic rings. The quantitative estimate of drug-likeness (QED) is 0.513. The molecule has 2 aromatic carbocycles. The minimum atomic E-state index is -4.69. The van der Waals surface area contributed by atoms with Crippen molar-refractivity contribution < 1.29 is 31.2 Å². The number of hydrogen-bond acceptors (Lipinski definition) is 4. The Labute approximate surface area is 176 Å². The maximum atomic E-state index is 12.8. The van der Waals surface area contributed by atoms with E-state index in [9.17, 15) is 31.2 Å². The fourth-order valence-electron chi connectivity index (χ4n) is 2.51. The van der Waals surface area contributed by atoms with Crippen molar-refractivity contribution in [3.8, 4) is 0 Å². The lowest BCUT2D eigenvalue weighted by Crippen LogP contribution is -2.33. The monoisotopic (exact) mass is 456 g/mol. The Morgan fingerprint density at radius 1 is 0.968 bits per heavy atom. The Morgan fingerprint density at radius 2 is 1.58 bits per heavy atom. The SMILES string of the molecule is O=C(CNS(=O)(=O)c1cccc(C(F)(F)F)c1)Nc1ccc(NC(=O)NC2CC2)cc1. The van der Waals surface area contributed by atoms with Crippen LogP contribution in [0.25, 0.3) is 0 Å². The summed E-state index contributed by atoms with van der Waals surface area (Å²) in [4.78, 5) is 23.1. The van der Waals surface area contributed by atoms with Crippen LogP contribution in [0.4, 0.5) is 29.3 Å². The summed E-state index contributed by atoms with van der Waals surface area (Å²) in [5.74, 6) is -0.720. The second-order valence-corrected chi connectivity index (χ2v) is 8.62. The molecule has 0 heterocycles. The molecule has 0 bridgehead atoms. The standard InChI is InChI=1S/C19H19F3N4O4S/c20-19(21,22)12-2-1-3-16(10-12)31(29,30)23-11-17(27)24-13-4-6-14(7-5-13)25-18(28)26-15-8-9-15/h1-7,10,15,23H,8-9,11H2,(H,24,27)(H2,25,26,28). The van der Waals surface area contributed by atoms with Crippen molar-refractivity contribution in [3.63, 3.8) is 0 Å². The van der Waals surface area contributed by atoms with Crippen LogP contribution < -0.4 is 20.7 Å². The molecular formula is C19H19F3N4O4S. The number of alkyl halides is 3. The van der Waals surface area contributed by atoms with Gasteiger partial charge in [0.1, 0.15) is 0 Å². The maximum Gasteiger partial charge on any atom is 0.416 e. The fraction of sp³-hybridized carbons (Fsp3) is 0.263. The van der Waals surface area contributed by atoms with Gasteiger partial charge in [-0.1, -0.05) is 6.07 Å². The van der Waals surface area contributed by atoms with Crippen LogP contribution in [0, 0.1) is 0 Å². The van der Waals surface area contributed by atoms with Crippen molar-refractivity contribution in [1.29, 1.82) is 0 Å². The van der Waals surface area contributed by atoms with Gasteiger partial charge in [-0.2, -0.15) is 13.2 Å². The molecule has 31 heavy (non-hydrogen) atoms. The molecule has 1 fully saturated rings. The zero-order valence-electron chi connectivity index (χ0n) is 16.0. The van der Waals surface area contributed by atoms with Gasteiger partial charge in [0.05, 0.1) is 17.0 Å². The molecule has 4 N–H and O–H groups in total. The summed E-state index contributed by atoms with van der Waals surface area (Å²) in [6.07, 6.45) is -2.78. The van der Waals surface area contributed by atoms with Gasteiger partial charge in [-0.3, -0.25) is 4.79 Å². The van der Waals surface area contributed by atoms with Crippen molar-refractivity contribution in [3.05, 3.63) is 54.1 Å². The van der Waals surface area contributed by atoms with Crippen LogP contribution in [0.2, 0.25) is 0 Å². The number of benzene rings is 2. The molecule has 0 saturated heterocycles. The van der Waals surface area contributed by atoms with Crippen LogP contribution in [0.3, 0.4) is 0 Å². The molecular weight excluding hydrogens is 437 g/mol. The largest absolute Gasteiger partial charge is 0.416 e. The van der Waals surface area contributed by atoms with Crippen LogP contribution in [0.15, 0.2) is 53.4 Å². The Morgan fingerprint density at radius 3 is 2.16 bits per heavy atom. The summed E-state index contributed by atoms with van der Waals surface area (Å²) < 4.78 is 64.6. The molecule has 0 aliphatic heterocycles. The average Bonchev–Trinajstić information content (AvgIpc) is 3.51. The molecule has 1 aliphatic carbocycles. The first kappa shape index (κ1) is 22.6.